The van der Waals surface area contributed by atoms with Crippen LogP contribution >= 0.6 is 0 Å². The molecule has 0 aliphatic heterocycles. The van der Waals surface area contributed by atoms with Gasteiger partial charge < -0.3 is 13.7 Å². The van der Waals surface area contributed by atoms with Gasteiger partial charge in [0.05, 0.1) is 0 Å². The van der Waals surface area contributed by atoms with E-state index in [1.54, 1.807) is 0 Å². The molecule has 55 heavy (non-hydrogen) atoms. The fourth-order valence-electron chi connectivity index (χ4n) is 8.19. The van der Waals surface area contributed by atoms with Crippen molar-refractivity contribution in [1.29, 1.82) is 0 Å². The highest BCUT2D eigenvalue weighted by Crippen LogP contribution is 2.42. The molecule has 0 radical (unpaired) electrons. The molecule has 0 atom stereocenters. The van der Waals surface area contributed by atoms with Gasteiger partial charge in [-0.2, -0.15) is 0 Å². The van der Waals surface area contributed by atoms with E-state index < -0.39 is 0 Å². The lowest BCUT2D eigenvalue weighted by Gasteiger charge is -2.26. The molecule has 11 rings (SSSR count). The molecule has 0 unspecified atom stereocenters. The second-order valence-corrected chi connectivity index (χ2v) is 14.1. The summed E-state index contributed by atoms with van der Waals surface area (Å²) in [6.07, 6.45) is 0. The number of fused-ring (bicyclic) bond motifs is 7. The third-order valence-electron chi connectivity index (χ3n) is 10.9. The molecule has 0 fully saturated rings. The van der Waals surface area contributed by atoms with Gasteiger partial charge in [0, 0.05) is 44.2 Å². The molecule has 0 bridgehead atoms. The van der Waals surface area contributed by atoms with E-state index in [4.69, 9.17) is 8.83 Å². The van der Waals surface area contributed by atoms with Crippen LogP contribution in [0, 0.1) is 0 Å². The molecule has 3 nitrogen and oxygen atoms in total. The summed E-state index contributed by atoms with van der Waals surface area (Å²) in [5.41, 5.74) is 13.7. The maximum Gasteiger partial charge on any atom is 0.143 e. The summed E-state index contributed by atoms with van der Waals surface area (Å²) in [6.45, 7) is 0. The van der Waals surface area contributed by atoms with Gasteiger partial charge in [0.2, 0.25) is 0 Å². The average Bonchev–Trinajstić information content (AvgIpc) is 3.82. The second-order valence-electron chi connectivity index (χ2n) is 14.1. The molecule has 2 aromatic heterocycles. The molecule has 0 aliphatic carbocycles. The fraction of sp³-hybridized carbons (Fsp3) is 0. The highest BCUT2D eigenvalue weighted by Gasteiger charge is 2.17. The van der Waals surface area contributed by atoms with Gasteiger partial charge in [0.15, 0.2) is 0 Å². The zero-order valence-electron chi connectivity index (χ0n) is 29.8. The Kier molecular flexibility index (Phi) is 7.17. The number of hydrogen-bond donors (Lipinski definition) is 0. The first-order valence-electron chi connectivity index (χ1n) is 18.7. The van der Waals surface area contributed by atoms with Crippen molar-refractivity contribution in [2.75, 3.05) is 4.90 Å². The molecule has 0 N–H and O–H groups in total. The number of hydrogen-bond acceptors (Lipinski definition) is 3. The summed E-state index contributed by atoms with van der Waals surface area (Å²) >= 11 is 0. The highest BCUT2D eigenvalue weighted by molar-refractivity contribution is 6.11. The minimum absolute atomic E-state index is 0.879. The third-order valence-corrected chi connectivity index (χ3v) is 10.9. The van der Waals surface area contributed by atoms with Crippen LogP contribution in [0.2, 0.25) is 0 Å². The van der Waals surface area contributed by atoms with Crippen LogP contribution in [-0.4, -0.2) is 0 Å². The van der Waals surface area contributed by atoms with Crippen LogP contribution in [0.3, 0.4) is 0 Å². The molecule has 2 heterocycles. The van der Waals surface area contributed by atoms with Gasteiger partial charge in [0.25, 0.3) is 0 Å². The van der Waals surface area contributed by atoms with Gasteiger partial charge in [-0.3, -0.25) is 0 Å². The molecule has 0 saturated carbocycles. The van der Waals surface area contributed by atoms with Crippen LogP contribution in [0.4, 0.5) is 17.1 Å². The Hall–Kier alpha value is -7.36. The Labute approximate surface area is 317 Å². The summed E-state index contributed by atoms with van der Waals surface area (Å²) < 4.78 is 12.7. The smallest absolute Gasteiger partial charge is 0.143 e. The Morgan fingerprint density at radius 3 is 1.67 bits per heavy atom. The lowest BCUT2D eigenvalue weighted by molar-refractivity contribution is 0.669. The second kappa shape index (κ2) is 12.6. The van der Waals surface area contributed by atoms with E-state index in [-0.39, 0.29) is 0 Å². The first-order valence-corrected chi connectivity index (χ1v) is 18.7. The Morgan fingerprint density at radius 2 is 0.836 bits per heavy atom. The number of rotatable bonds is 6. The first-order chi connectivity index (χ1) is 27.2. The van der Waals surface area contributed by atoms with E-state index in [1.165, 1.54) is 21.9 Å². The number of benzene rings is 9. The number of nitrogens with zero attached hydrogens (tertiary/aromatic N) is 1. The van der Waals surface area contributed by atoms with E-state index in [1.807, 2.05) is 18.2 Å². The van der Waals surface area contributed by atoms with Crippen molar-refractivity contribution >= 4 is 71.7 Å². The summed E-state index contributed by atoms with van der Waals surface area (Å²) in [6, 6.07) is 71.0. The average molecular weight is 704 g/mol. The van der Waals surface area contributed by atoms with E-state index in [0.717, 1.165) is 83.2 Å². The minimum atomic E-state index is 0.879. The van der Waals surface area contributed by atoms with E-state index in [9.17, 15) is 0 Å². The normalized spacial score (nSPS) is 11.6. The number of anilines is 3. The molecule has 0 spiro atoms. The number of furan rings is 2. The molecule has 0 saturated heterocycles. The standard InChI is InChI=1S/C52H33NO2/c1-2-10-36(11-3-1)44-17-9-18-46-47-32-38(24-30-51(47)55-52(44)46)34-20-25-39(26-21-34)53(41-29-31-50-48(33-41)45-15-6-7-19-49(45)54-50)40-27-22-37(23-28-40)43-16-8-13-35-12-4-5-14-42(35)43/h1-33H. The van der Waals surface area contributed by atoms with Crippen molar-refractivity contribution in [2.24, 2.45) is 0 Å². The molecule has 0 aliphatic rings. The van der Waals surface area contributed by atoms with Crippen molar-refractivity contribution in [2.45, 2.75) is 0 Å². The molecule has 11 aromatic rings. The van der Waals surface area contributed by atoms with Crippen LogP contribution < -0.4 is 4.90 Å². The summed E-state index contributed by atoms with van der Waals surface area (Å²) in [4.78, 5) is 2.33. The minimum Gasteiger partial charge on any atom is -0.456 e. The van der Waals surface area contributed by atoms with Crippen molar-refractivity contribution < 1.29 is 8.83 Å². The van der Waals surface area contributed by atoms with E-state index in [2.05, 4.69) is 187 Å². The lowest BCUT2D eigenvalue weighted by Crippen LogP contribution is -2.09. The zero-order chi connectivity index (χ0) is 36.3. The summed E-state index contributed by atoms with van der Waals surface area (Å²) in [5, 5.41) is 6.93. The van der Waals surface area contributed by atoms with Gasteiger partial charge in [-0.25, -0.2) is 0 Å². The predicted octanol–water partition coefficient (Wildman–Crippen LogP) is 15.1. The molecule has 3 heteroatoms. The van der Waals surface area contributed by atoms with E-state index in [0.29, 0.717) is 0 Å². The SMILES string of the molecule is c1ccc(-c2cccc3c2oc2ccc(-c4ccc(N(c5ccc(-c6cccc7ccccc67)cc5)c5ccc6oc7ccccc7c6c5)cc4)cc23)cc1. The molecule has 9 aromatic carbocycles. The van der Waals surface area contributed by atoms with Crippen LogP contribution in [-0.2, 0) is 0 Å². The van der Waals surface area contributed by atoms with E-state index >= 15 is 0 Å². The Morgan fingerprint density at radius 1 is 0.291 bits per heavy atom. The van der Waals surface area contributed by atoms with Crippen molar-refractivity contribution in [3.8, 4) is 33.4 Å². The molecule has 0 amide bonds. The summed E-state index contributed by atoms with van der Waals surface area (Å²) in [7, 11) is 0. The van der Waals surface area contributed by atoms with Crippen LogP contribution in [0.5, 0.6) is 0 Å². The largest absolute Gasteiger partial charge is 0.456 e. The van der Waals surface area contributed by atoms with Crippen molar-refractivity contribution in [3.63, 3.8) is 0 Å². The quantitative estimate of drug-likeness (QED) is 0.173. The highest BCUT2D eigenvalue weighted by atomic mass is 16.3. The lowest BCUT2D eigenvalue weighted by atomic mass is 9.98. The zero-order valence-corrected chi connectivity index (χ0v) is 29.8. The first kappa shape index (κ1) is 31.2. The maximum atomic E-state index is 6.47. The molecular weight excluding hydrogens is 671 g/mol. The van der Waals surface area contributed by atoms with Gasteiger partial charge in [-0.15, -0.1) is 0 Å². The third kappa shape index (κ3) is 5.28. The Bertz CT molecular complexity index is 3180. The van der Waals surface area contributed by atoms with Gasteiger partial charge >= 0.3 is 0 Å². The van der Waals surface area contributed by atoms with Crippen LogP contribution in [0.25, 0.3) is 88.0 Å². The van der Waals surface area contributed by atoms with Gasteiger partial charge in [0.1, 0.15) is 22.3 Å². The van der Waals surface area contributed by atoms with Crippen LogP contribution in [0.1, 0.15) is 0 Å². The predicted molar refractivity (Wildman–Crippen MR) is 229 cm³/mol. The fourth-order valence-corrected chi connectivity index (χ4v) is 8.19. The van der Waals surface area contributed by atoms with Crippen LogP contribution in [0.15, 0.2) is 209 Å². The molecule has 258 valence electrons. The monoisotopic (exact) mass is 703 g/mol. The van der Waals surface area contributed by atoms with Crippen molar-refractivity contribution in [3.05, 3.63) is 200 Å². The topological polar surface area (TPSA) is 29.5 Å². The van der Waals surface area contributed by atoms with Gasteiger partial charge in [-0.05, 0) is 99.3 Å². The van der Waals surface area contributed by atoms with Crippen molar-refractivity contribution in [1.82, 2.24) is 0 Å². The Balaban J connectivity index is 1.00. The van der Waals surface area contributed by atoms with Gasteiger partial charge in [-0.1, -0.05) is 140 Å². The summed E-state index contributed by atoms with van der Waals surface area (Å²) in [5.74, 6) is 0. The maximum absolute atomic E-state index is 6.47. The molecular formula is C52H33NO2. The number of para-hydroxylation sites is 2.